The Morgan fingerprint density at radius 1 is 1.17 bits per heavy atom. The highest BCUT2D eigenvalue weighted by molar-refractivity contribution is 14.1. The minimum atomic E-state index is -0.769. The zero-order valence-corrected chi connectivity index (χ0v) is 28.2. The van der Waals surface area contributed by atoms with E-state index in [4.69, 9.17) is 26.3 Å². The molecule has 11 heteroatoms. The summed E-state index contributed by atoms with van der Waals surface area (Å²) in [6.07, 6.45) is 1.82. The number of nitriles is 1. The number of thiazole rings is 1. The highest BCUT2D eigenvalue weighted by atomic mass is 127. The second kappa shape index (κ2) is 13.1. The Labute approximate surface area is 278 Å². The lowest BCUT2D eigenvalue weighted by Gasteiger charge is -2.25. The molecule has 3 aromatic carbocycles. The van der Waals surface area contributed by atoms with E-state index in [0.29, 0.717) is 37.8 Å². The van der Waals surface area contributed by atoms with Crippen LogP contribution in [0.5, 0.6) is 5.75 Å². The molecule has 0 saturated carbocycles. The first-order valence-corrected chi connectivity index (χ1v) is 16.1. The fourth-order valence-corrected chi connectivity index (χ4v) is 7.98. The molecule has 0 saturated heterocycles. The van der Waals surface area contributed by atoms with Gasteiger partial charge in [-0.1, -0.05) is 53.3 Å². The molecule has 0 radical (unpaired) electrons. The van der Waals surface area contributed by atoms with E-state index in [1.54, 1.807) is 38.1 Å². The van der Waals surface area contributed by atoms with Gasteiger partial charge in [-0.05, 0) is 112 Å². The molecular formula is C31H22ClI2N3O4S. The molecule has 0 N–H and O–H groups in total. The number of esters is 1. The van der Waals surface area contributed by atoms with Gasteiger partial charge >= 0.3 is 5.97 Å². The van der Waals surface area contributed by atoms with Gasteiger partial charge in [0.1, 0.15) is 18.4 Å². The monoisotopic (exact) mass is 821 g/mol. The molecule has 0 fully saturated rings. The van der Waals surface area contributed by atoms with E-state index >= 15 is 0 Å². The Bertz CT molecular complexity index is 1940. The summed E-state index contributed by atoms with van der Waals surface area (Å²) in [4.78, 5) is 32.1. The molecule has 0 spiro atoms. The van der Waals surface area contributed by atoms with Crippen molar-refractivity contribution in [2.24, 2.45) is 4.99 Å². The van der Waals surface area contributed by atoms with E-state index in [0.717, 1.165) is 24.0 Å². The number of carbonyl (C=O) groups is 1. The number of hydrogen-bond acceptors (Lipinski definition) is 7. The van der Waals surface area contributed by atoms with Gasteiger partial charge in [-0.3, -0.25) is 9.36 Å². The van der Waals surface area contributed by atoms with Crippen LogP contribution in [0.25, 0.3) is 6.08 Å². The highest BCUT2D eigenvalue weighted by Crippen LogP contribution is 2.34. The molecule has 0 bridgehead atoms. The smallest absolute Gasteiger partial charge is 0.338 e. The van der Waals surface area contributed by atoms with Crippen molar-refractivity contribution in [2.45, 2.75) is 26.5 Å². The van der Waals surface area contributed by atoms with Crippen LogP contribution in [0.2, 0.25) is 5.02 Å². The lowest BCUT2D eigenvalue weighted by molar-refractivity contribution is -0.139. The van der Waals surface area contributed by atoms with E-state index in [9.17, 15) is 9.59 Å². The average Bonchev–Trinajstić information content (AvgIpc) is 3.26. The van der Waals surface area contributed by atoms with E-state index < -0.39 is 12.0 Å². The van der Waals surface area contributed by atoms with Gasteiger partial charge in [0, 0.05) is 5.02 Å². The van der Waals surface area contributed by atoms with Gasteiger partial charge in [0.15, 0.2) is 4.80 Å². The van der Waals surface area contributed by atoms with Gasteiger partial charge in [0.2, 0.25) is 0 Å². The van der Waals surface area contributed by atoms with E-state index in [1.807, 2.05) is 42.5 Å². The number of benzene rings is 3. The third kappa shape index (κ3) is 6.20. The average molecular weight is 822 g/mol. The normalized spacial score (nSPS) is 14.7. The minimum absolute atomic E-state index is 0.194. The van der Waals surface area contributed by atoms with Gasteiger partial charge in [-0.25, -0.2) is 9.79 Å². The fraction of sp³-hybridized carbons (Fsp3) is 0.161. The standard InChI is InChI=1S/C31H22ClI2N3O4S/c1-3-40-30(39)26-17(2)36-31-37(27(26)21-6-4-5-7-22(21)32)29(38)25(42-31)14-20-12-23(33)28(24(34)13-20)41-16-19-10-8-18(15-35)9-11-19/h4-14,27H,3,16H2,1-2H3/b25-14-/t27-/m0/s1. The predicted octanol–water partition coefficient (Wildman–Crippen LogP) is 6.11. The van der Waals surface area contributed by atoms with Crippen molar-refractivity contribution in [3.8, 4) is 11.8 Å². The molecule has 2 heterocycles. The van der Waals surface area contributed by atoms with Crippen molar-refractivity contribution in [3.63, 3.8) is 0 Å². The summed E-state index contributed by atoms with van der Waals surface area (Å²) in [5.74, 6) is 0.214. The van der Waals surface area contributed by atoms with Crippen LogP contribution in [0.1, 0.15) is 42.1 Å². The Morgan fingerprint density at radius 3 is 2.50 bits per heavy atom. The van der Waals surface area contributed by atoms with Crippen LogP contribution in [0, 0.1) is 18.5 Å². The van der Waals surface area contributed by atoms with Gasteiger partial charge in [-0.15, -0.1) is 0 Å². The molecule has 1 aliphatic rings. The molecule has 212 valence electrons. The summed E-state index contributed by atoms with van der Waals surface area (Å²) in [6.45, 7) is 4.04. The quantitative estimate of drug-likeness (QED) is 0.166. The Morgan fingerprint density at radius 2 is 1.86 bits per heavy atom. The van der Waals surface area contributed by atoms with Crippen molar-refractivity contribution in [1.29, 1.82) is 5.26 Å². The second-order valence-corrected chi connectivity index (χ2v) is 13.0. The van der Waals surface area contributed by atoms with E-state index in [2.05, 4.69) is 56.2 Å². The van der Waals surface area contributed by atoms with Crippen molar-refractivity contribution in [3.05, 3.63) is 126 Å². The number of halogens is 3. The number of rotatable bonds is 7. The number of aromatic nitrogens is 1. The number of hydrogen-bond donors (Lipinski definition) is 0. The third-order valence-corrected chi connectivity index (χ3v) is 9.43. The van der Waals surface area contributed by atoms with Gasteiger partial charge in [0.05, 0.1) is 41.2 Å². The van der Waals surface area contributed by atoms with Crippen LogP contribution in [0.3, 0.4) is 0 Å². The number of ether oxygens (including phenoxy) is 2. The number of carbonyl (C=O) groups excluding carboxylic acids is 1. The molecular weight excluding hydrogens is 800 g/mol. The van der Waals surface area contributed by atoms with Gasteiger partial charge in [-0.2, -0.15) is 5.26 Å². The van der Waals surface area contributed by atoms with E-state index in [1.165, 1.54) is 15.9 Å². The lowest BCUT2D eigenvalue weighted by atomic mass is 9.96. The predicted molar refractivity (Wildman–Crippen MR) is 179 cm³/mol. The third-order valence-electron chi connectivity index (χ3n) is 6.50. The summed E-state index contributed by atoms with van der Waals surface area (Å²) in [5, 5.41) is 9.45. The Kier molecular flexibility index (Phi) is 9.51. The maximum atomic E-state index is 13.9. The Balaban J connectivity index is 1.54. The summed E-state index contributed by atoms with van der Waals surface area (Å²) in [5.41, 5.74) is 3.51. The lowest BCUT2D eigenvalue weighted by Crippen LogP contribution is -2.40. The zero-order valence-electron chi connectivity index (χ0n) is 22.4. The fourth-order valence-electron chi connectivity index (χ4n) is 4.57. The first-order chi connectivity index (χ1) is 20.2. The molecule has 1 aliphatic heterocycles. The summed E-state index contributed by atoms with van der Waals surface area (Å²) in [7, 11) is 0. The van der Waals surface area contributed by atoms with Crippen LogP contribution < -0.4 is 19.6 Å². The first-order valence-electron chi connectivity index (χ1n) is 12.8. The van der Waals surface area contributed by atoms with Gasteiger partial charge in [0.25, 0.3) is 5.56 Å². The maximum absolute atomic E-state index is 13.9. The topological polar surface area (TPSA) is 93.7 Å². The van der Waals surface area contributed by atoms with Crippen molar-refractivity contribution in [2.75, 3.05) is 6.61 Å². The highest BCUT2D eigenvalue weighted by Gasteiger charge is 2.34. The molecule has 7 nitrogen and oxygen atoms in total. The second-order valence-electron chi connectivity index (χ2n) is 9.23. The molecule has 1 aromatic heterocycles. The van der Waals surface area contributed by atoms with Crippen molar-refractivity contribution < 1.29 is 14.3 Å². The van der Waals surface area contributed by atoms with Crippen LogP contribution in [0.15, 0.2) is 81.7 Å². The molecule has 4 aromatic rings. The first kappa shape index (κ1) is 30.5. The SMILES string of the molecule is CCOC(=O)C1=C(C)N=c2s/c(=C\c3cc(I)c(OCc4ccc(C#N)cc4)c(I)c3)c(=O)n2[C@H]1c1ccccc1Cl. The van der Waals surface area contributed by atoms with Crippen molar-refractivity contribution in [1.82, 2.24) is 4.57 Å². The largest absolute Gasteiger partial charge is 0.487 e. The van der Waals surface area contributed by atoms with Crippen LogP contribution in [-0.4, -0.2) is 17.1 Å². The minimum Gasteiger partial charge on any atom is -0.487 e. The summed E-state index contributed by atoms with van der Waals surface area (Å²) < 4.78 is 15.2. The molecule has 1 atom stereocenters. The number of allylic oxidation sites excluding steroid dienone is 1. The molecule has 5 rings (SSSR count). The number of fused-ring (bicyclic) bond motifs is 1. The van der Waals surface area contributed by atoms with E-state index in [-0.39, 0.29) is 17.7 Å². The summed E-state index contributed by atoms with van der Waals surface area (Å²) >= 11 is 12.3. The molecule has 42 heavy (non-hydrogen) atoms. The molecule has 0 aliphatic carbocycles. The molecule has 0 unspecified atom stereocenters. The zero-order chi connectivity index (χ0) is 30.0. The Hall–Kier alpha value is -2.99. The molecule has 0 amide bonds. The van der Waals surface area contributed by atoms with Crippen LogP contribution in [0.4, 0.5) is 0 Å². The number of nitrogens with zero attached hydrogens (tertiary/aromatic N) is 3. The van der Waals surface area contributed by atoms with Crippen LogP contribution >= 0.6 is 68.1 Å². The summed E-state index contributed by atoms with van der Waals surface area (Å²) in [6, 6.07) is 19.7. The van der Waals surface area contributed by atoms with Crippen molar-refractivity contribution >= 4 is 80.2 Å². The van der Waals surface area contributed by atoms with Gasteiger partial charge < -0.3 is 9.47 Å². The maximum Gasteiger partial charge on any atom is 0.338 e. The van der Waals surface area contributed by atoms with Crippen LogP contribution in [-0.2, 0) is 16.1 Å².